The third-order valence-corrected chi connectivity index (χ3v) is 7.56. The number of thiophene rings is 1. The first-order valence-corrected chi connectivity index (χ1v) is 11.8. The second-order valence-corrected chi connectivity index (χ2v) is 9.81. The summed E-state index contributed by atoms with van der Waals surface area (Å²) in [4.78, 5) is 13.7. The minimum Gasteiger partial charge on any atom is -0.497 e. The fourth-order valence-electron chi connectivity index (χ4n) is 2.78. The lowest BCUT2D eigenvalue weighted by atomic mass is 10.2. The zero-order chi connectivity index (χ0) is 21.7. The first-order valence-electron chi connectivity index (χ1n) is 9.06. The number of hydrogen-bond acceptors (Lipinski definition) is 5. The Labute approximate surface area is 185 Å². The maximum Gasteiger partial charge on any atom is 0.264 e. The summed E-state index contributed by atoms with van der Waals surface area (Å²) in [6, 6.07) is 14.7. The molecule has 1 amide bonds. The molecule has 0 saturated heterocycles. The van der Waals surface area contributed by atoms with Crippen LogP contribution in [0.2, 0.25) is 5.02 Å². The summed E-state index contributed by atoms with van der Waals surface area (Å²) in [5.41, 5.74) is 0.583. The minimum absolute atomic E-state index is 0.0198. The van der Waals surface area contributed by atoms with Gasteiger partial charge in [-0.2, -0.15) is 0 Å². The van der Waals surface area contributed by atoms with Crippen molar-refractivity contribution in [2.45, 2.75) is 11.3 Å². The van der Waals surface area contributed by atoms with Gasteiger partial charge in [-0.3, -0.25) is 9.10 Å². The molecule has 1 aromatic heterocycles. The number of nitrogens with zero attached hydrogens (tertiary/aromatic N) is 1. The number of benzene rings is 2. The first kappa shape index (κ1) is 22.1. The van der Waals surface area contributed by atoms with E-state index in [9.17, 15) is 13.2 Å². The number of halogens is 1. The minimum atomic E-state index is -3.88. The van der Waals surface area contributed by atoms with Crippen molar-refractivity contribution in [2.24, 2.45) is 0 Å². The monoisotopic (exact) mass is 464 g/mol. The highest BCUT2D eigenvalue weighted by atomic mass is 35.5. The zero-order valence-corrected chi connectivity index (χ0v) is 18.9. The van der Waals surface area contributed by atoms with Crippen molar-refractivity contribution in [3.63, 3.8) is 0 Å². The summed E-state index contributed by atoms with van der Waals surface area (Å²) in [7, 11) is -0.896. The predicted octanol–water partition coefficient (Wildman–Crippen LogP) is 4.21. The standard InChI is InChI=1S/C21H21ClN2O4S2/c1-24(15-5-7-16(28-2)8-6-15)30(26,27)18-9-10-20(22)19(14-18)21(25)23-12-11-17-4-3-13-29-17/h3-10,13-14H,11-12H2,1-2H3,(H,23,25). The fourth-order valence-corrected chi connectivity index (χ4v) is 4.91. The van der Waals surface area contributed by atoms with Crippen LogP contribution in [0.15, 0.2) is 64.9 Å². The number of sulfonamides is 1. The number of ether oxygens (including phenoxy) is 1. The van der Waals surface area contributed by atoms with Crippen molar-refractivity contribution in [1.82, 2.24) is 5.32 Å². The summed E-state index contributed by atoms with van der Waals surface area (Å²) in [5, 5.41) is 4.95. The Bertz CT molecular complexity index is 1110. The third-order valence-electron chi connectivity index (χ3n) is 4.51. The average molecular weight is 465 g/mol. The molecule has 0 unspecified atom stereocenters. The van der Waals surface area contributed by atoms with Crippen LogP contribution in [0, 0.1) is 0 Å². The Balaban J connectivity index is 1.78. The van der Waals surface area contributed by atoms with E-state index in [2.05, 4.69) is 5.32 Å². The Morgan fingerprint density at radius 2 is 1.90 bits per heavy atom. The Morgan fingerprint density at radius 3 is 2.53 bits per heavy atom. The summed E-state index contributed by atoms with van der Waals surface area (Å²) in [6.45, 7) is 0.429. The van der Waals surface area contributed by atoms with E-state index in [1.54, 1.807) is 35.6 Å². The number of carbonyl (C=O) groups is 1. The van der Waals surface area contributed by atoms with Crippen LogP contribution < -0.4 is 14.4 Å². The number of amides is 1. The van der Waals surface area contributed by atoms with E-state index in [-0.39, 0.29) is 15.5 Å². The van der Waals surface area contributed by atoms with E-state index in [4.69, 9.17) is 16.3 Å². The van der Waals surface area contributed by atoms with Gasteiger partial charge in [-0.25, -0.2) is 8.42 Å². The topological polar surface area (TPSA) is 75.7 Å². The van der Waals surface area contributed by atoms with Gasteiger partial charge in [0.1, 0.15) is 5.75 Å². The molecule has 3 aromatic rings. The van der Waals surface area contributed by atoms with Crippen LogP contribution in [-0.2, 0) is 16.4 Å². The Kier molecular flexibility index (Phi) is 7.02. The molecule has 0 radical (unpaired) electrons. The second kappa shape index (κ2) is 9.51. The molecule has 0 aliphatic rings. The van der Waals surface area contributed by atoms with Gasteiger partial charge in [0.25, 0.3) is 15.9 Å². The van der Waals surface area contributed by atoms with Crippen LogP contribution in [-0.4, -0.2) is 35.0 Å². The molecular weight excluding hydrogens is 444 g/mol. The SMILES string of the molecule is COc1ccc(N(C)S(=O)(=O)c2ccc(Cl)c(C(=O)NCCc3cccs3)c2)cc1. The molecule has 1 heterocycles. The van der Waals surface area contributed by atoms with Gasteiger partial charge in [-0.1, -0.05) is 17.7 Å². The number of anilines is 1. The van der Waals surface area contributed by atoms with Gasteiger partial charge in [0, 0.05) is 18.5 Å². The molecule has 0 saturated carbocycles. The van der Waals surface area contributed by atoms with Crippen LogP contribution in [0.4, 0.5) is 5.69 Å². The lowest BCUT2D eigenvalue weighted by Gasteiger charge is -2.20. The van der Waals surface area contributed by atoms with Crippen LogP contribution in [0.1, 0.15) is 15.2 Å². The van der Waals surface area contributed by atoms with Gasteiger partial charge in [-0.15, -0.1) is 11.3 Å². The van der Waals surface area contributed by atoms with Crippen molar-refractivity contribution in [1.29, 1.82) is 0 Å². The molecule has 30 heavy (non-hydrogen) atoms. The molecule has 0 bridgehead atoms. The molecular formula is C21H21ClN2O4S2. The van der Waals surface area contributed by atoms with E-state index in [1.807, 2.05) is 17.5 Å². The highest BCUT2D eigenvalue weighted by Gasteiger charge is 2.24. The number of carbonyl (C=O) groups excluding carboxylic acids is 1. The third kappa shape index (κ3) is 4.95. The molecule has 9 heteroatoms. The number of methoxy groups -OCH3 is 1. The molecule has 2 aromatic carbocycles. The molecule has 6 nitrogen and oxygen atoms in total. The molecule has 0 aliphatic heterocycles. The molecule has 0 aliphatic carbocycles. The molecule has 1 N–H and O–H groups in total. The van der Waals surface area contributed by atoms with Crippen molar-refractivity contribution in [3.05, 3.63) is 75.4 Å². The first-order chi connectivity index (χ1) is 14.3. The van der Waals surface area contributed by atoms with Crippen molar-refractivity contribution >= 4 is 44.6 Å². The van der Waals surface area contributed by atoms with Crippen molar-refractivity contribution in [2.75, 3.05) is 25.0 Å². The van der Waals surface area contributed by atoms with E-state index in [1.165, 1.54) is 32.4 Å². The highest BCUT2D eigenvalue weighted by molar-refractivity contribution is 7.92. The average Bonchev–Trinajstić information content (AvgIpc) is 3.27. The highest BCUT2D eigenvalue weighted by Crippen LogP contribution is 2.27. The van der Waals surface area contributed by atoms with Crippen LogP contribution in [0.5, 0.6) is 5.75 Å². The lowest BCUT2D eigenvalue weighted by molar-refractivity contribution is 0.0954. The number of nitrogens with one attached hydrogen (secondary N) is 1. The number of hydrogen-bond donors (Lipinski definition) is 1. The van der Waals surface area contributed by atoms with Gasteiger partial charge in [0.15, 0.2) is 0 Å². The zero-order valence-electron chi connectivity index (χ0n) is 16.5. The fraction of sp³-hybridized carbons (Fsp3) is 0.190. The molecule has 0 atom stereocenters. The lowest BCUT2D eigenvalue weighted by Crippen LogP contribution is -2.28. The summed E-state index contributed by atoms with van der Waals surface area (Å²) in [5.74, 6) is 0.207. The van der Waals surface area contributed by atoms with Crippen molar-refractivity contribution in [3.8, 4) is 5.75 Å². The second-order valence-electron chi connectivity index (χ2n) is 6.40. The van der Waals surface area contributed by atoms with Crippen molar-refractivity contribution < 1.29 is 17.9 Å². The predicted molar refractivity (Wildman–Crippen MR) is 120 cm³/mol. The van der Waals surface area contributed by atoms with Gasteiger partial charge < -0.3 is 10.1 Å². The summed E-state index contributed by atoms with van der Waals surface area (Å²) < 4.78 is 32.4. The van der Waals surface area contributed by atoms with E-state index in [0.717, 1.165) is 9.18 Å². The summed E-state index contributed by atoms with van der Waals surface area (Å²) in [6.07, 6.45) is 0.694. The van der Waals surface area contributed by atoms with E-state index >= 15 is 0 Å². The van der Waals surface area contributed by atoms with Crippen LogP contribution in [0.25, 0.3) is 0 Å². The summed E-state index contributed by atoms with van der Waals surface area (Å²) >= 11 is 7.78. The Morgan fingerprint density at radius 1 is 1.17 bits per heavy atom. The van der Waals surface area contributed by atoms with Crippen LogP contribution >= 0.6 is 22.9 Å². The van der Waals surface area contributed by atoms with Gasteiger partial charge in [-0.05, 0) is 60.3 Å². The molecule has 3 rings (SSSR count). The smallest absolute Gasteiger partial charge is 0.264 e. The quantitative estimate of drug-likeness (QED) is 0.542. The van der Waals surface area contributed by atoms with Gasteiger partial charge in [0.2, 0.25) is 0 Å². The van der Waals surface area contributed by atoms with E-state index < -0.39 is 15.9 Å². The normalized spacial score (nSPS) is 11.2. The van der Waals surface area contributed by atoms with Gasteiger partial charge >= 0.3 is 0 Å². The molecule has 0 spiro atoms. The molecule has 0 fully saturated rings. The van der Waals surface area contributed by atoms with Gasteiger partial charge in [0.05, 0.1) is 28.3 Å². The van der Waals surface area contributed by atoms with Crippen LogP contribution in [0.3, 0.4) is 0 Å². The van der Waals surface area contributed by atoms with E-state index in [0.29, 0.717) is 24.4 Å². The largest absolute Gasteiger partial charge is 0.497 e. The Hall–Kier alpha value is -2.55. The molecule has 158 valence electrons. The number of rotatable bonds is 8. The maximum atomic E-state index is 13.1. The maximum absolute atomic E-state index is 13.1.